The standard InChI is InChI=1S/C10H14OS/c1-11-10(8-12-2)9-6-4-3-5-7-9/h3-7,10H,8H2,1-2H3. The summed E-state index contributed by atoms with van der Waals surface area (Å²) in [6, 6.07) is 10.3. The summed E-state index contributed by atoms with van der Waals surface area (Å²) < 4.78 is 5.36. The van der Waals surface area contributed by atoms with Gasteiger partial charge in [-0.1, -0.05) is 30.3 Å². The Morgan fingerprint density at radius 3 is 2.50 bits per heavy atom. The Hall–Kier alpha value is -0.470. The smallest absolute Gasteiger partial charge is 0.0911 e. The van der Waals surface area contributed by atoms with E-state index in [9.17, 15) is 0 Å². The highest BCUT2D eigenvalue weighted by Gasteiger charge is 2.07. The maximum atomic E-state index is 5.36. The Morgan fingerprint density at radius 2 is 2.00 bits per heavy atom. The van der Waals surface area contributed by atoms with Crippen molar-refractivity contribution in [2.75, 3.05) is 19.1 Å². The number of benzene rings is 1. The van der Waals surface area contributed by atoms with Crippen LogP contribution in [0.5, 0.6) is 0 Å². The molecule has 0 aliphatic rings. The van der Waals surface area contributed by atoms with Gasteiger partial charge in [-0.05, 0) is 11.8 Å². The average Bonchev–Trinajstić information content (AvgIpc) is 2.15. The van der Waals surface area contributed by atoms with Crippen LogP contribution in [0.3, 0.4) is 0 Å². The van der Waals surface area contributed by atoms with Crippen molar-refractivity contribution < 1.29 is 4.74 Å². The van der Waals surface area contributed by atoms with Crippen LogP contribution < -0.4 is 0 Å². The summed E-state index contributed by atoms with van der Waals surface area (Å²) in [5.41, 5.74) is 1.26. The molecule has 0 fully saturated rings. The van der Waals surface area contributed by atoms with E-state index in [1.807, 2.05) is 18.2 Å². The first-order chi connectivity index (χ1) is 5.88. The Balaban J connectivity index is 2.66. The summed E-state index contributed by atoms with van der Waals surface area (Å²) in [4.78, 5) is 0. The highest BCUT2D eigenvalue weighted by atomic mass is 32.2. The first-order valence-corrected chi connectivity index (χ1v) is 5.34. The summed E-state index contributed by atoms with van der Waals surface area (Å²) in [6.45, 7) is 0. The third-order valence-corrected chi connectivity index (χ3v) is 2.41. The molecule has 0 N–H and O–H groups in total. The normalized spacial score (nSPS) is 12.8. The number of thioether (sulfide) groups is 1. The lowest BCUT2D eigenvalue weighted by molar-refractivity contribution is 0.123. The zero-order valence-corrected chi connectivity index (χ0v) is 8.30. The molecule has 2 heteroatoms. The van der Waals surface area contributed by atoms with Gasteiger partial charge in [0.2, 0.25) is 0 Å². The maximum Gasteiger partial charge on any atom is 0.0911 e. The van der Waals surface area contributed by atoms with Crippen LogP contribution in [0.1, 0.15) is 11.7 Å². The van der Waals surface area contributed by atoms with E-state index in [1.54, 1.807) is 18.9 Å². The van der Waals surface area contributed by atoms with E-state index in [0.717, 1.165) is 5.75 Å². The molecular formula is C10H14OS. The molecule has 1 atom stereocenters. The molecule has 0 aliphatic heterocycles. The minimum atomic E-state index is 0.237. The molecule has 0 spiro atoms. The summed E-state index contributed by atoms with van der Waals surface area (Å²) >= 11 is 1.80. The van der Waals surface area contributed by atoms with Crippen molar-refractivity contribution in [3.05, 3.63) is 35.9 Å². The SMILES string of the molecule is COC(CSC)c1ccccc1. The summed E-state index contributed by atoms with van der Waals surface area (Å²) in [6.07, 6.45) is 2.33. The molecule has 0 radical (unpaired) electrons. The van der Waals surface area contributed by atoms with E-state index in [2.05, 4.69) is 18.4 Å². The minimum Gasteiger partial charge on any atom is -0.376 e. The van der Waals surface area contributed by atoms with Gasteiger partial charge in [-0.25, -0.2) is 0 Å². The van der Waals surface area contributed by atoms with Crippen molar-refractivity contribution in [3.63, 3.8) is 0 Å². The van der Waals surface area contributed by atoms with E-state index >= 15 is 0 Å². The van der Waals surface area contributed by atoms with Crippen LogP contribution in [0.2, 0.25) is 0 Å². The molecule has 0 saturated heterocycles. The predicted molar refractivity (Wildman–Crippen MR) is 54.6 cm³/mol. The number of methoxy groups -OCH3 is 1. The lowest BCUT2D eigenvalue weighted by Crippen LogP contribution is -2.03. The third kappa shape index (κ3) is 2.54. The first kappa shape index (κ1) is 9.62. The predicted octanol–water partition coefficient (Wildman–Crippen LogP) is 2.74. The second-order valence-corrected chi connectivity index (χ2v) is 3.50. The Morgan fingerprint density at radius 1 is 1.33 bits per heavy atom. The monoisotopic (exact) mass is 182 g/mol. The lowest BCUT2D eigenvalue weighted by atomic mass is 10.1. The second kappa shape index (κ2) is 5.22. The van der Waals surface area contributed by atoms with Crippen LogP contribution >= 0.6 is 11.8 Å². The van der Waals surface area contributed by atoms with Crippen LogP contribution in [-0.4, -0.2) is 19.1 Å². The number of hydrogen-bond acceptors (Lipinski definition) is 2. The molecule has 1 rings (SSSR count). The lowest BCUT2D eigenvalue weighted by Gasteiger charge is -2.13. The van der Waals surface area contributed by atoms with E-state index in [0.29, 0.717) is 0 Å². The van der Waals surface area contributed by atoms with E-state index in [4.69, 9.17) is 4.74 Å². The Kier molecular flexibility index (Phi) is 4.19. The van der Waals surface area contributed by atoms with Gasteiger partial charge in [0.15, 0.2) is 0 Å². The van der Waals surface area contributed by atoms with Gasteiger partial charge in [0.05, 0.1) is 6.10 Å². The van der Waals surface area contributed by atoms with Gasteiger partial charge >= 0.3 is 0 Å². The van der Waals surface area contributed by atoms with Crippen LogP contribution in [0.25, 0.3) is 0 Å². The topological polar surface area (TPSA) is 9.23 Å². The molecule has 1 unspecified atom stereocenters. The van der Waals surface area contributed by atoms with E-state index in [1.165, 1.54) is 5.56 Å². The van der Waals surface area contributed by atoms with Crippen molar-refractivity contribution in [1.29, 1.82) is 0 Å². The highest BCUT2D eigenvalue weighted by molar-refractivity contribution is 7.98. The van der Waals surface area contributed by atoms with Gasteiger partial charge in [0.25, 0.3) is 0 Å². The van der Waals surface area contributed by atoms with Crippen LogP contribution in [-0.2, 0) is 4.74 Å². The summed E-state index contributed by atoms with van der Waals surface area (Å²) in [5.74, 6) is 1.01. The van der Waals surface area contributed by atoms with Crippen LogP contribution in [0.4, 0.5) is 0 Å². The fourth-order valence-electron chi connectivity index (χ4n) is 1.12. The van der Waals surface area contributed by atoms with Crippen LogP contribution in [0.15, 0.2) is 30.3 Å². The van der Waals surface area contributed by atoms with Crippen molar-refractivity contribution in [1.82, 2.24) is 0 Å². The molecule has 1 nitrogen and oxygen atoms in total. The maximum absolute atomic E-state index is 5.36. The van der Waals surface area contributed by atoms with Gasteiger partial charge in [-0.2, -0.15) is 11.8 Å². The summed E-state index contributed by atoms with van der Waals surface area (Å²) in [7, 11) is 1.76. The molecule has 0 heterocycles. The number of hydrogen-bond donors (Lipinski definition) is 0. The van der Waals surface area contributed by atoms with Gasteiger partial charge < -0.3 is 4.74 Å². The highest BCUT2D eigenvalue weighted by Crippen LogP contribution is 2.19. The van der Waals surface area contributed by atoms with Crippen LogP contribution in [0, 0.1) is 0 Å². The molecule has 12 heavy (non-hydrogen) atoms. The average molecular weight is 182 g/mol. The van der Waals surface area contributed by atoms with Crippen molar-refractivity contribution in [2.45, 2.75) is 6.10 Å². The molecule has 0 amide bonds. The largest absolute Gasteiger partial charge is 0.376 e. The quantitative estimate of drug-likeness (QED) is 0.708. The molecule has 1 aromatic carbocycles. The zero-order valence-electron chi connectivity index (χ0n) is 7.49. The summed E-state index contributed by atoms with van der Waals surface area (Å²) in [5, 5.41) is 0. The zero-order chi connectivity index (χ0) is 8.81. The molecule has 0 bridgehead atoms. The van der Waals surface area contributed by atoms with Gasteiger partial charge in [-0.15, -0.1) is 0 Å². The fourth-order valence-corrected chi connectivity index (χ4v) is 1.75. The molecule has 0 saturated carbocycles. The first-order valence-electron chi connectivity index (χ1n) is 3.95. The fraction of sp³-hybridized carbons (Fsp3) is 0.400. The Bertz CT molecular complexity index is 210. The molecule has 66 valence electrons. The van der Waals surface area contributed by atoms with E-state index < -0.39 is 0 Å². The minimum absolute atomic E-state index is 0.237. The molecule has 0 aliphatic carbocycles. The number of rotatable bonds is 4. The van der Waals surface area contributed by atoms with Crippen molar-refractivity contribution in [3.8, 4) is 0 Å². The number of ether oxygens (including phenoxy) is 1. The van der Waals surface area contributed by atoms with Gasteiger partial charge in [0, 0.05) is 12.9 Å². The Labute approximate surface area is 78.1 Å². The van der Waals surface area contributed by atoms with Gasteiger partial charge in [0.1, 0.15) is 0 Å². The van der Waals surface area contributed by atoms with E-state index in [-0.39, 0.29) is 6.10 Å². The molecular weight excluding hydrogens is 168 g/mol. The van der Waals surface area contributed by atoms with Crippen molar-refractivity contribution in [2.24, 2.45) is 0 Å². The third-order valence-electron chi connectivity index (χ3n) is 1.77. The molecule has 1 aromatic rings. The van der Waals surface area contributed by atoms with Crippen molar-refractivity contribution >= 4 is 11.8 Å². The second-order valence-electron chi connectivity index (χ2n) is 2.59. The molecule has 0 aromatic heterocycles. The van der Waals surface area contributed by atoms with Gasteiger partial charge in [-0.3, -0.25) is 0 Å².